The zero-order chi connectivity index (χ0) is 24.2. The van der Waals surface area contributed by atoms with Gasteiger partial charge >= 0.3 is 6.09 Å². The second kappa shape index (κ2) is 9.84. The van der Waals surface area contributed by atoms with Crippen LogP contribution in [0.2, 0.25) is 0 Å². The molecule has 0 aliphatic carbocycles. The summed E-state index contributed by atoms with van der Waals surface area (Å²) in [7, 11) is 0. The first kappa shape index (κ1) is 22.4. The summed E-state index contributed by atoms with van der Waals surface area (Å²) >= 11 is 2.87. The van der Waals surface area contributed by atoms with Crippen LogP contribution < -0.4 is 21.1 Å². The summed E-state index contributed by atoms with van der Waals surface area (Å²) in [4.78, 5) is 20.8. The first-order chi connectivity index (χ1) is 17.0. The molecule has 0 unspecified atom stereocenters. The molecule has 0 saturated heterocycles. The summed E-state index contributed by atoms with van der Waals surface area (Å²) in [5.74, 6) is 1.90. The van der Waals surface area contributed by atoms with Gasteiger partial charge in [-0.05, 0) is 48.5 Å². The monoisotopic (exact) mass is 501 g/mol. The third kappa shape index (κ3) is 5.40. The number of nitrogens with zero attached hydrogens (tertiary/aromatic N) is 2. The molecule has 0 spiro atoms. The third-order valence-electron chi connectivity index (χ3n) is 4.85. The summed E-state index contributed by atoms with van der Waals surface area (Å²) in [5.41, 5.74) is 9.07. The highest BCUT2D eigenvalue weighted by molar-refractivity contribution is 7.23. The molecule has 5 N–H and O–H groups in total. The highest BCUT2D eigenvalue weighted by atomic mass is 32.1. The molecule has 0 saturated carbocycles. The molecule has 2 heterocycles. The molecule has 1 amide bonds. The molecule has 0 atom stereocenters. The minimum absolute atomic E-state index is 0.392. The number of nitrogens with two attached hydrogens (primary N) is 1. The van der Waals surface area contributed by atoms with Gasteiger partial charge in [0.25, 0.3) is 0 Å². The predicted octanol–water partition coefficient (Wildman–Crippen LogP) is 7.14. The maximum absolute atomic E-state index is 10.9. The fourth-order valence-electron chi connectivity index (χ4n) is 3.28. The third-order valence-corrected chi connectivity index (χ3v) is 6.83. The van der Waals surface area contributed by atoms with Crippen LogP contribution in [0.15, 0.2) is 84.2 Å². The number of amides is 1. The van der Waals surface area contributed by atoms with Crippen LogP contribution in [0.25, 0.3) is 21.1 Å². The second-order valence-corrected chi connectivity index (χ2v) is 9.20. The average molecular weight is 502 g/mol. The smallest absolute Gasteiger partial charge is 0.409 e. The number of hydrogen-bond donors (Lipinski definition) is 4. The Morgan fingerprint density at radius 1 is 0.914 bits per heavy atom. The summed E-state index contributed by atoms with van der Waals surface area (Å²) < 4.78 is 5.83. The van der Waals surface area contributed by atoms with Gasteiger partial charge in [0.05, 0.1) is 5.69 Å². The minimum Gasteiger partial charge on any atom is -0.465 e. The van der Waals surface area contributed by atoms with Crippen LogP contribution in [-0.2, 0) is 0 Å². The molecular formula is C25H19N5O3S2. The Hall–Kier alpha value is -4.41. The molecular weight excluding hydrogens is 482 g/mol. The van der Waals surface area contributed by atoms with E-state index in [0.29, 0.717) is 16.6 Å². The molecule has 8 nitrogen and oxygen atoms in total. The standard InChI is InChI=1S/C25H19N5O3S2/c26-22-21(23-29-20(14-34-23)15-5-4-6-17(13-15)28-25(31)32)35-24(30-22)27-16-9-11-19(12-10-16)33-18-7-2-1-3-8-18/h1-14,28H,26H2,(H,27,30)(H,31,32). The number of aromatic nitrogens is 2. The lowest BCUT2D eigenvalue weighted by atomic mass is 10.1. The molecule has 0 aliphatic heterocycles. The largest absolute Gasteiger partial charge is 0.465 e. The SMILES string of the molecule is Nc1nc(Nc2ccc(Oc3ccccc3)cc2)sc1-c1nc(-c2cccc(NC(=O)O)c2)cs1. The normalized spacial score (nSPS) is 10.6. The van der Waals surface area contributed by atoms with E-state index in [1.165, 1.54) is 22.7 Å². The predicted molar refractivity (Wildman–Crippen MR) is 141 cm³/mol. The fourth-order valence-corrected chi connectivity index (χ4v) is 5.12. The van der Waals surface area contributed by atoms with Gasteiger partial charge in [-0.15, -0.1) is 11.3 Å². The molecule has 174 valence electrons. The van der Waals surface area contributed by atoms with Crippen molar-refractivity contribution in [3.05, 3.63) is 84.2 Å². The lowest BCUT2D eigenvalue weighted by molar-refractivity contribution is 0.210. The number of nitrogens with one attached hydrogen (secondary N) is 2. The van der Waals surface area contributed by atoms with E-state index in [4.69, 9.17) is 20.6 Å². The average Bonchev–Trinajstić information content (AvgIpc) is 3.47. The molecule has 0 bridgehead atoms. The quantitative estimate of drug-likeness (QED) is 0.187. The van der Waals surface area contributed by atoms with Crippen molar-refractivity contribution in [2.45, 2.75) is 0 Å². The maximum atomic E-state index is 10.9. The number of carboxylic acid groups (broad SMARTS) is 1. The first-order valence-electron chi connectivity index (χ1n) is 10.5. The number of rotatable bonds is 7. The summed E-state index contributed by atoms with van der Waals surface area (Å²) in [5, 5.41) is 17.9. The van der Waals surface area contributed by atoms with E-state index in [1.807, 2.05) is 66.0 Å². The lowest BCUT2D eigenvalue weighted by Crippen LogP contribution is -2.06. The van der Waals surface area contributed by atoms with Crippen molar-refractivity contribution in [3.8, 4) is 32.6 Å². The molecule has 5 rings (SSSR count). The van der Waals surface area contributed by atoms with E-state index in [1.54, 1.807) is 18.2 Å². The first-order valence-corrected chi connectivity index (χ1v) is 12.2. The Kier molecular flexibility index (Phi) is 6.29. The zero-order valence-corrected chi connectivity index (χ0v) is 19.8. The van der Waals surface area contributed by atoms with Crippen molar-refractivity contribution >= 4 is 51.1 Å². The van der Waals surface area contributed by atoms with E-state index in [0.717, 1.165) is 38.3 Å². The zero-order valence-electron chi connectivity index (χ0n) is 18.1. The Labute approximate surface area is 208 Å². The van der Waals surface area contributed by atoms with Crippen LogP contribution in [0.1, 0.15) is 0 Å². The van der Waals surface area contributed by atoms with Gasteiger partial charge in [0.15, 0.2) is 5.13 Å². The maximum Gasteiger partial charge on any atom is 0.409 e. The van der Waals surface area contributed by atoms with Crippen molar-refractivity contribution in [1.29, 1.82) is 0 Å². The summed E-state index contributed by atoms with van der Waals surface area (Å²) in [6.45, 7) is 0. The lowest BCUT2D eigenvalue weighted by Gasteiger charge is -2.07. The number of hydrogen-bond acceptors (Lipinski definition) is 8. The number of carbonyl (C=O) groups is 1. The number of ether oxygens (including phenoxy) is 1. The number of anilines is 4. The van der Waals surface area contributed by atoms with E-state index in [-0.39, 0.29) is 0 Å². The highest BCUT2D eigenvalue weighted by Crippen LogP contribution is 2.39. The molecule has 0 fully saturated rings. The summed E-state index contributed by atoms with van der Waals surface area (Å²) in [6.07, 6.45) is -1.11. The molecule has 0 aliphatic rings. The Bertz CT molecular complexity index is 1470. The highest BCUT2D eigenvalue weighted by Gasteiger charge is 2.15. The molecule has 10 heteroatoms. The molecule has 3 aromatic carbocycles. The van der Waals surface area contributed by atoms with Gasteiger partial charge in [-0.1, -0.05) is 41.7 Å². The number of para-hydroxylation sites is 1. The number of thiazole rings is 2. The fraction of sp³-hybridized carbons (Fsp3) is 0. The van der Waals surface area contributed by atoms with Crippen LogP contribution in [0, 0.1) is 0 Å². The second-order valence-electron chi connectivity index (χ2n) is 7.35. The van der Waals surface area contributed by atoms with Gasteiger partial charge in [0.2, 0.25) is 0 Å². The van der Waals surface area contributed by atoms with Gasteiger partial charge < -0.3 is 20.9 Å². The molecule has 35 heavy (non-hydrogen) atoms. The molecule has 0 radical (unpaired) electrons. The van der Waals surface area contributed by atoms with Gasteiger partial charge in [-0.25, -0.2) is 14.8 Å². The van der Waals surface area contributed by atoms with E-state index in [2.05, 4.69) is 15.6 Å². The van der Waals surface area contributed by atoms with Gasteiger partial charge in [-0.2, -0.15) is 0 Å². The van der Waals surface area contributed by atoms with Crippen molar-refractivity contribution in [3.63, 3.8) is 0 Å². The Morgan fingerprint density at radius 3 is 2.46 bits per heavy atom. The Balaban J connectivity index is 1.30. The van der Waals surface area contributed by atoms with Crippen molar-refractivity contribution in [1.82, 2.24) is 9.97 Å². The minimum atomic E-state index is -1.11. The molecule has 5 aromatic rings. The van der Waals surface area contributed by atoms with Crippen molar-refractivity contribution in [2.75, 3.05) is 16.4 Å². The van der Waals surface area contributed by atoms with Crippen LogP contribution in [0.3, 0.4) is 0 Å². The van der Waals surface area contributed by atoms with Crippen LogP contribution in [-0.4, -0.2) is 21.2 Å². The van der Waals surface area contributed by atoms with Gasteiger partial charge in [-0.3, -0.25) is 5.32 Å². The van der Waals surface area contributed by atoms with Crippen LogP contribution in [0.4, 0.5) is 27.1 Å². The van der Waals surface area contributed by atoms with E-state index < -0.39 is 6.09 Å². The van der Waals surface area contributed by atoms with E-state index >= 15 is 0 Å². The topological polar surface area (TPSA) is 122 Å². The van der Waals surface area contributed by atoms with Gasteiger partial charge in [0, 0.05) is 22.3 Å². The number of benzene rings is 3. The molecule has 2 aromatic heterocycles. The van der Waals surface area contributed by atoms with Gasteiger partial charge in [0.1, 0.15) is 27.2 Å². The summed E-state index contributed by atoms with van der Waals surface area (Å²) in [6, 6.07) is 24.3. The Morgan fingerprint density at radius 2 is 1.69 bits per heavy atom. The van der Waals surface area contributed by atoms with Crippen molar-refractivity contribution in [2.24, 2.45) is 0 Å². The van der Waals surface area contributed by atoms with Crippen LogP contribution in [0.5, 0.6) is 11.5 Å². The van der Waals surface area contributed by atoms with Crippen molar-refractivity contribution < 1.29 is 14.6 Å². The van der Waals surface area contributed by atoms with E-state index in [9.17, 15) is 4.79 Å². The van der Waals surface area contributed by atoms with Crippen LogP contribution >= 0.6 is 22.7 Å². The number of nitrogen functional groups attached to an aromatic ring is 1.